The standard InChI is InChI=1S/C23H25F3N2O6S/c24-23(25,26)15-7-3-4-8-16(15)35(32,33)14-9-18(34-13-5-1-2-6-13)22(10-14,20(30)31)17-11-21(17,12-27)19(28)29/h3-4,7-8,13-14,17-18H,1-2,5-6,9-11H2,(H2,28,29)(H,30,31)/t14-,17?,18+,21?,22+/m0/s1. The van der Waals surface area contributed by atoms with Crippen LogP contribution in [0, 0.1) is 28.1 Å². The Morgan fingerprint density at radius 2 is 1.80 bits per heavy atom. The lowest BCUT2D eigenvalue weighted by Gasteiger charge is -2.34. The third-order valence-electron chi connectivity index (χ3n) is 7.83. The van der Waals surface area contributed by atoms with E-state index in [9.17, 15) is 41.5 Å². The van der Waals surface area contributed by atoms with Crippen LogP contribution in [0.25, 0.3) is 0 Å². The van der Waals surface area contributed by atoms with Crippen molar-refractivity contribution in [3.63, 3.8) is 0 Å². The maximum absolute atomic E-state index is 13.6. The summed E-state index contributed by atoms with van der Waals surface area (Å²) in [5.41, 5.74) is 0.320. The smallest absolute Gasteiger partial charge is 0.417 e. The van der Waals surface area contributed by atoms with Gasteiger partial charge in [0.1, 0.15) is 10.8 Å². The van der Waals surface area contributed by atoms with Gasteiger partial charge in [0.05, 0.1) is 34.0 Å². The fourth-order valence-corrected chi connectivity index (χ4v) is 7.96. The van der Waals surface area contributed by atoms with E-state index in [1.807, 2.05) is 0 Å². The van der Waals surface area contributed by atoms with E-state index in [0.717, 1.165) is 25.0 Å². The molecule has 35 heavy (non-hydrogen) atoms. The number of carbonyl (C=O) groups is 2. The third kappa shape index (κ3) is 3.98. The highest BCUT2D eigenvalue weighted by atomic mass is 32.2. The molecule has 1 amide bonds. The summed E-state index contributed by atoms with van der Waals surface area (Å²) in [5.74, 6) is -3.58. The Balaban J connectivity index is 1.79. The lowest BCUT2D eigenvalue weighted by Crippen LogP contribution is -2.46. The van der Waals surface area contributed by atoms with Crippen LogP contribution in [-0.4, -0.2) is 42.9 Å². The molecule has 3 fully saturated rings. The molecule has 0 saturated heterocycles. The molecule has 3 aliphatic rings. The minimum Gasteiger partial charge on any atom is -0.481 e. The average molecular weight is 515 g/mol. The number of nitrogens with zero attached hydrogens (tertiary/aromatic N) is 1. The molecule has 190 valence electrons. The number of primary amides is 1. The third-order valence-corrected chi connectivity index (χ3v) is 10.0. The number of nitriles is 1. The van der Waals surface area contributed by atoms with Crippen LogP contribution in [0.15, 0.2) is 29.2 Å². The van der Waals surface area contributed by atoms with Crippen LogP contribution in [0.3, 0.4) is 0 Å². The first-order valence-electron chi connectivity index (χ1n) is 11.3. The summed E-state index contributed by atoms with van der Waals surface area (Å²) in [6.07, 6.45) is -4.69. The maximum atomic E-state index is 13.6. The van der Waals surface area contributed by atoms with Crippen LogP contribution in [0.1, 0.15) is 50.5 Å². The monoisotopic (exact) mass is 514 g/mol. The van der Waals surface area contributed by atoms with Gasteiger partial charge >= 0.3 is 12.1 Å². The van der Waals surface area contributed by atoms with E-state index in [2.05, 4.69) is 0 Å². The normalized spacial score (nSPS) is 33.4. The molecule has 1 aromatic carbocycles. The van der Waals surface area contributed by atoms with Gasteiger partial charge in [-0.15, -0.1) is 0 Å². The van der Waals surface area contributed by atoms with Crippen molar-refractivity contribution >= 4 is 21.7 Å². The van der Waals surface area contributed by atoms with Gasteiger partial charge in [0.2, 0.25) is 5.91 Å². The number of hydrogen-bond acceptors (Lipinski definition) is 6. The number of amides is 1. The number of halogens is 3. The van der Waals surface area contributed by atoms with Gasteiger partial charge in [-0.3, -0.25) is 9.59 Å². The second-order valence-electron chi connectivity index (χ2n) is 9.68. The largest absolute Gasteiger partial charge is 0.481 e. The molecular weight excluding hydrogens is 489 g/mol. The molecule has 2 unspecified atom stereocenters. The van der Waals surface area contributed by atoms with Crippen LogP contribution < -0.4 is 5.73 Å². The summed E-state index contributed by atoms with van der Waals surface area (Å²) in [7, 11) is -4.66. The number of carboxylic acids is 1. The second kappa shape index (κ2) is 8.48. The van der Waals surface area contributed by atoms with E-state index in [0.29, 0.717) is 18.9 Å². The van der Waals surface area contributed by atoms with E-state index < -0.39 is 72.9 Å². The molecule has 0 heterocycles. The molecule has 5 atom stereocenters. The number of hydrogen-bond donors (Lipinski definition) is 2. The van der Waals surface area contributed by atoms with Crippen molar-refractivity contribution in [1.82, 2.24) is 0 Å². The Hall–Kier alpha value is -2.65. The molecule has 3 saturated carbocycles. The molecule has 0 aromatic heterocycles. The van der Waals surface area contributed by atoms with Gasteiger partial charge in [-0.1, -0.05) is 25.0 Å². The zero-order valence-electron chi connectivity index (χ0n) is 18.6. The first-order chi connectivity index (χ1) is 16.3. The predicted octanol–water partition coefficient (Wildman–Crippen LogP) is 3.06. The molecule has 8 nitrogen and oxygen atoms in total. The van der Waals surface area contributed by atoms with E-state index in [1.165, 1.54) is 6.07 Å². The molecule has 12 heteroatoms. The Labute approximate surface area is 200 Å². The molecule has 3 N–H and O–H groups in total. The van der Waals surface area contributed by atoms with Crippen molar-refractivity contribution in [2.45, 2.75) is 73.5 Å². The van der Waals surface area contributed by atoms with Crippen molar-refractivity contribution in [3.05, 3.63) is 29.8 Å². The van der Waals surface area contributed by atoms with Gasteiger partial charge < -0.3 is 15.6 Å². The second-order valence-corrected chi connectivity index (χ2v) is 11.9. The highest BCUT2D eigenvalue weighted by Crippen LogP contribution is 2.67. The lowest BCUT2D eigenvalue weighted by molar-refractivity contribution is -0.164. The van der Waals surface area contributed by atoms with Gasteiger partial charge in [0.25, 0.3) is 0 Å². The summed E-state index contributed by atoms with van der Waals surface area (Å²) in [4.78, 5) is 23.9. The minimum atomic E-state index is -4.94. The molecule has 3 aliphatic carbocycles. The van der Waals surface area contributed by atoms with Gasteiger partial charge in [-0.25, -0.2) is 8.42 Å². The van der Waals surface area contributed by atoms with E-state index in [4.69, 9.17) is 10.5 Å². The number of ether oxygens (including phenoxy) is 1. The maximum Gasteiger partial charge on any atom is 0.417 e. The van der Waals surface area contributed by atoms with Crippen molar-refractivity contribution in [2.75, 3.05) is 0 Å². The highest BCUT2D eigenvalue weighted by Gasteiger charge is 2.75. The number of rotatable bonds is 7. The van der Waals surface area contributed by atoms with E-state index in [-0.39, 0.29) is 18.9 Å². The summed E-state index contributed by atoms with van der Waals surface area (Å²) >= 11 is 0. The summed E-state index contributed by atoms with van der Waals surface area (Å²) < 4.78 is 73.9. The van der Waals surface area contributed by atoms with Crippen LogP contribution in [0.5, 0.6) is 0 Å². The molecule has 0 aliphatic heterocycles. The number of alkyl halides is 3. The Bertz CT molecular complexity index is 1190. The van der Waals surface area contributed by atoms with Gasteiger partial charge in [0, 0.05) is 5.92 Å². The van der Waals surface area contributed by atoms with Crippen molar-refractivity contribution < 1.29 is 41.0 Å². The van der Waals surface area contributed by atoms with Gasteiger partial charge in [0.15, 0.2) is 9.84 Å². The van der Waals surface area contributed by atoms with Crippen molar-refractivity contribution in [1.29, 1.82) is 5.26 Å². The number of carbonyl (C=O) groups excluding carboxylic acids is 1. The Morgan fingerprint density at radius 3 is 2.31 bits per heavy atom. The SMILES string of the molecule is N#CC1(C(N)=O)CC1[C@]1(C(=O)O)C[C@@H](S(=O)(=O)c2ccccc2C(F)(F)F)C[C@H]1OC1CCCC1. The zero-order valence-corrected chi connectivity index (χ0v) is 19.4. The topological polar surface area (TPSA) is 148 Å². The van der Waals surface area contributed by atoms with Gasteiger partial charge in [-0.2, -0.15) is 18.4 Å². The first kappa shape index (κ1) is 25.4. The molecule has 1 aromatic rings. The fourth-order valence-electron chi connectivity index (χ4n) is 5.92. The number of carboxylic acid groups (broad SMARTS) is 1. The van der Waals surface area contributed by atoms with Crippen LogP contribution in [0.2, 0.25) is 0 Å². The minimum absolute atomic E-state index is 0.179. The lowest BCUT2D eigenvalue weighted by atomic mass is 9.75. The van der Waals surface area contributed by atoms with Crippen LogP contribution >= 0.6 is 0 Å². The van der Waals surface area contributed by atoms with Crippen molar-refractivity contribution in [3.8, 4) is 6.07 Å². The molecular formula is C23H25F3N2O6S. The Morgan fingerprint density at radius 1 is 1.17 bits per heavy atom. The zero-order chi connectivity index (χ0) is 25.8. The number of benzene rings is 1. The molecule has 0 radical (unpaired) electrons. The summed E-state index contributed by atoms with van der Waals surface area (Å²) in [5, 5.41) is 18.5. The summed E-state index contributed by atoms with van der Waals surface area (Å²) in [6.45, 7) is 0. The fraction of sp³-hybridized carbons (Fsp3) is 0.609. The van der Waals surface area contributed by atoms with Gasteiger partial charge in [-0.05, 0) is 44.2 Å². The number of aliphatic carboxylic acids is 1. The quantitative estimate of drug-likeness (QED) is 0.568. The number of sulfone groups is 1. The van der Waals surface area contributed by atoms with Crippen LogP contribution in [-0.2, 0) is 30.3 Å². The molecule has 0 bridgehead atoms. The highest BCUT2D eigenvalue weighted by molar-refractivity contribution is 7.92. The summed E-state index contributed by atoms with van der Waals surface area (Å²) in [6, 6.07) is 5.55. The van der Waals surface area contributed by atoms with E-state index >= 15 is 0 Å². The Kier molecular flexibility index (Phi) is 6.17. The van der Waals surface area contributed by atoms with Crippen LogP contribution in [0.4, 0.5) is 13.2 Å². The predicted molar refractivity (Wildman–Crippen MR) is 114 cm³/mol. The molecule has 0 spiro atoms. The average Bonchev–Trinajstić information content (AvgIpc) is 3.12. The molecule has 4 rings (SSSR count). The van der Waals surface area contributed by atoms with E-state index in [1.54, 1.807) is 6.07 Å². The first-order valence-corrected chi connectivity index (χ1v) is 12.9. The number of nitrogens with two attached hydrogens (primary N) is 1. The van der Waals surface area contributed by atoms with Crippen molar-refractivity contribution in [2.24, 2.45) is 22.5 Å².